The van der Waals surface area contributed by atoms with E-state index >= 15 is 0 Å². The van der Waals surface area contributed by atoms with Crippen molar-refractivity contribution >= 4 is 11.6 Å². The molecule has 0 atom stereocenters. The Morgan fingerprint density at radius 3 is 2.16 bits per heavy atom. The highest BCUT2D eigenvalue weighted by atomic mass is 35.5. The molecule has 0 unspecified atom stereocenters. The fourth-order valence-corrected chi connectivity index (χ4v) is 3.25. The van der Waals surface area contributed by atoms with Gasteiger partial charge in [-0.15, -0.1) is 0 Å². The lowest BCUT2D eigenvalue weighted by Crippen LogP contribution is -2.14. The van der Waals surface area contributed by atoms with Gasteiger partial charge < -0.3 is 4.52 Å². The van der Waals surface area contributed by atoms with Crippen LogP contribution < -0.4 is 0 Å². The summed E-state index contributed by atoms with van der Waals surface area (Å²) >= 11 is 5.84. The van der Waals surface area contributed by atoms with Crippen molar-refractivity contribution in [2.75, 3.05) is 0 Å². The third-order valence-electron chi connectivity index (χ3n) is 4.77. The largest absolute Gasteiger partial charge is 0.434 e. The van der Waals surface area contributed by atoms with Gasteiger partial charge in [-0.3, -0.25) is 0 Å². The molecule has 2 heterocycles. The Hall–Kier alpha value is -3.13. The van der Waals surface area contributed by atoms with Crippen molar-refractivity contribution < 1.29 is 17.7 Å². The van der Waals surface area contributed by atoms with E-state index in [0.29, 0.717) is 10.6 Å². The molecule has 160 valence electrons. The van der Waals surface area contributed by atoms with E-state index in [1.54, 1.807) is 0 Å². The number of halogens is 4. The number of rotatable bonds is 3. The summed E-state index contributed by atoms with van der Waals surface area (Å²) in [6.07, 6.45) is -3.63. The molecular weight excluding hydrogens is 429 g/mol. The fourth-order valence-electron chi connectivity index (χ4n) is 3.13. The molecule has 0 amide bonds. The summed E-state index contributed by atoms with van der Waals surface area (Å²) in [6.45, 7) is 6.27. The second-order valence-corrected chi connectivity index (χ2v) is 8.48. The van der Waals surface area contributed by atoms with Gasteiger partial charge in [0.25, 0.3) is 5.89 Å². The van der Waals surface area contributed by atoms with E-state index in [4.69, 9.17) is 16.1 Å². The van der Waals surface area contributed by atoms with Gasteiger partial charge in [-0.2, -0.15) is 23.3 Å². The van der Waals surface area contributed by atoms with Crippen molar-refractivity contribution in [2.24, 2.45) is 0 Å². The first-order chi connectivity index (χ1) is 14.5. The maximum Gasteiger partial charge on any atom is 0.434 e. The Labute approximate surface area is 181 Å². The molecule has 31 heavy (non-hydrogen) atoms. The Kier molecular flexibility index (Phi) is 5.13. The van der Waals surface area contributed by atoms with Crippen LogP contribution >= 0.6 is 11.6 Å². The van der Waals surface area contributed by atoms with Gasteiger partial charge in [-0.25, -0.2) is 4.68 Å². The van der Waals surface area contributed by atoms with Crippen LogP contribution in [0.15, 0.2) is 59.3 Å². The van der Waals surface area contributed by atoms with Crippen LogP contribution in [0.3, 0.4) is 0 Å². The number of benzene rings is 2. The van der Waals surface area contributed by atoms with Crippen molar-refractivity contribution in [1.82, 2.24) is 19.9 Å². The van der Waals surface area contributed by atoms with Crippen molar-refractivity contribution in [2.45, 2.75) is 32.4 Å². The van der Waals surface area contributed by atoms with Gasteiger partial charge in [0.1, 0.15) is 0 Å². The van der Waals surface area contributed by atoms with Crippen LogP contribution in [0.25, 0.3) is 28.5 Å². The van der Waals surface area contributed by atoms with Crippen LogP contribution in [-0.4, -0.2) is 19.9 Å². The van der Waals surface area contributed by atoms with Gasteiger partial charge in [0.2, 0.25) is 5.82 Å². The van der Waals surface area contributed by atoms with Gasteiger partial charge in [0.05, 0.1) is 17.4 Å². The smallest absolute Gasteiger partial charge is 0.333 e. The molecule has 2 aromatic carbocycles. The highest BCUT2D eigenvalue weighted by molar-refractivity contribution is 6.30. The summed E-state index contributed by atoms with van der Waals surface area (Å²) in [7, 11) is 0. The van der Waals surface area contributed by atoms with E-state index in [2.05, 4.69) is 36.0 Å². The molecule has 9 heteroatoms. The third-order valence-corrected chi connectivity index (χ3v) is 5.03. The van der Waals surface area contributed by atoms with Crippen LogP contribution in [-0.2, 0) is 11.6 Å². The summed E-state index contributed by atoms with van der Waals surface area (Å²) in [5.74, 6) is -0.0646. The summed E-state index contributed by atoms with van der Waals surface area (Å²) in [5, 5.41) is 8.18. The van der Waals surface area contributed by atoms with E-state index in [0.717, 1.165) is 16.4 Å². The first-order valence-electron chi connectivity index (χ1n) is 9.40. The van der Waals surface area contributed by atoms with Crippen molar-refractivity contribution in [3.05, 3.63) is 71.0 Å². The molecule has 0 radical (unpaired) electrons. The van der Waals surface area contributed by atoms with E-state index in [1.807, 2.05) is 24.3 Å². The molecule has 2 aromatic heterocycles. The number of aromatic nitrogens is 4. The standard InChI is InChI=1S/C22H18ClF3N4O/c1-21(2,3)14-6-4-13(5-7-14)19-28-20(31-29-19)17-12-27-30(18(17)22(24,25)26)16-10-8-15(23)9-11-16/h4-12H,1-3H3. The summed E-state index contributed by atoms with van der Waals surface area (Å²) in [4.78, 5) is 4.19. The van der Waals surface area contributed by atoms with Crippen molar-refractivity contribution in [3.63, 3.8) is 0 Å². The number of hydrogen-bond acceptors (Lipinski definition) is 4. The van der Waals surface area contributed by atoms with Gasteiger partial charge in [0, 0.05) is 10.6 Å². The van der Waals surface area contributed by atoms with Gasteiger partial charge in [-0.1, -0.05) is 61.8 Å². The molecule has 0 aliphatic carbocycles. The van der Waals surface area contributed by atoms with E-state index in [-0.39, 0.29) is 28.4 Å². The third kappa shape index (κ3) is 4.20. The predicted molar refractivity (Wildman–Crippen MR) is 111 cm³/mol. The topological polar surface area (TPSA) is 56.7 Å². The SMILES string of the molecule is CC(C)(C)c1ccc(-c2noc(-c3cnn(-c4ccc(Cl)cc4)c3C(F)(F)F)n2)cc1. The number of alkyl halides is 3. The Balaban J connectivity index is 1.74. The highest BCUT2D eigenvalue weighted by Gasteiger charge is 2.40. The minimum absolute atomic E-state index is 0.0290. The quantitative estimate of drug-likeness (QED) is 0.357. The Bertz CT molecular complexity index is 1200. The summed E-state index contributed by atoms with van der Waals surface area (Å²) in [5.41, 5.74) is 0.630. The van der Waals surface area contributed by atoms with Gasteiger partial charge in [-0.05, 0) is 35.2 Å². The second kappa shape index (κ2) is 7.53. The zero-order valence-electron chi connectivity index (χ0n) is 16.9. The molecule has 0 saturated carbocycles. The average molecular weight is 447 g/mol. The molecule has 0 bridgehead atoms. The maximum absolute atomic E-state index is 13.9. The zero-order valence-corrected chi connectivity index (χ0v) is 17.7. The number of hydrogen-bond donors (Lipinski definition) is 0. The average Bonchev–Trinajstić information content (AvgIpc) is 3.35. The maximum atomic E-state index is 13.9. The first kappa shape index (κ1) is 21.1. The molecule has 0 aliphatic rings. The molecule has 0 fully saturated rings. The molecule has 0 aliphatic heterocycles. The summed E-state index contributed by atoms with van der Waals surface area (Å²) in [6, 6.07) is 13.4. The lowest BCUT2D eigenvalue weighted by atomic mass is 9.87. The first-order valence-corrected chi connectivity index (χ1v) is 9.78. The molecule has 0 N–H and O–H groups in total. The minimum atomic E-state index is -4.70. The van der Waals surface area contributed by atoms with Crippen LogP contribution in [0.5, 0.6) is 0 Å². The lowest BCUT2D eigenvalue weighted by molar-refractivity contribution is -0.142. The molecule has 4 rings (SSSR count). The lowest BCUT2D eigenvalue weighted by Gasteiger charge is -2.18. The molecule has 0 saturated heterocycles. The normalized spacial score (nSPS) is 12.4. The molecular formula is C22H18ClF3N4O. The van der Waals surface area contributed by atoms with Crippen LogP contribution in [0.4, 0.5) is 13.2 Å². The Morgan fingerprint density at radius 2 is 1.58 bits per heavy atom. The second-order valence-electron chi connectivity index (χ2n) is 8.04. The van der Waals surface area contributed by atoms with E-state index in [1.165, 1.54) is 24.3 Å². The van der Waals surface area contributed by atoms with E-state index < -0.39 is 11.9 Å². The van der Waals surface area contributed by atoms with Gasteiger partial charge in [0.15, 0.2) is 5.69 Å². The minimum Gasteiger partial charge on any atom is -0.333 e. The number of nitrogens with zero attached hydrogens (tertiary/aromatic N) is 4. The predicted octanol–water partition coefficient (Wildman–Crippen LogP) is 6.56. The monoisotopic (exact) mass is 446 g/mol. The Morgan fingerprint density at radius 1 is 0.935 bits per heavy atom. The van der Waals surface area contributed by atoms with Crippen LogP contribution in [0.1, 0.15) is 32.0 Å². The molecule has 5 nitrogen and oxygen atoms in total. The van der Waals surface area contributed by atoms with Crippen LogP contribution in [0, 0.1) is 0 Å². The van der Waals surface area contributed by atoms with Gasteiger partial charge >= 0.3 is 6.18 Å². The van der Waals surface area contributed by atoms with Crippen molar-refractivity contribution in [3.8, 4) is 28.5 Å². The zero-order chi connectivity index (χ0) is 22.4. The molecule has 4 aromatic rings. The fraction of sp³-hybridized carbons (Fsp3) is 0.227. The molecule has 0 spiro atoms. The summed E-state index contributed by atoms with van der Waals surface area (Å²) < 4.78 is 47.7. The highest BCUT2D eigenvalue weighted by Crippen LogP contribution is 2.38. The van der Waals surface area contributed by atoms with E-state index in [9.17, 15) is 13.2 Å². The van der Waals surface area contributed by atoms with Crippen LogP contribution in [0.2, 0.25) is 5.02 Å². The van der Waals surface area contributed by atoms with Crippen molar-refractivity contribution in [1.29, 1.82) is 0 Å².